The molecule has 2 aliphatic heterocycles. The highest BCUT2D eigenvalue weighted by molar-refractivity contribution is 5.82. The van der Waals surface area contributed by atoms with Gasteiger partial charge in [-0.3, -0.25) is 4.79 Å². The van der Waals surface area contributed by atoms with Gasteiger partial charge in [0.25, 0.3) is 0 Å². The number of piperidine rings is 1. The zero-order valence-corrected chi connectivity index (χ0v) is 13.4. The molecule has 2 heterocycles. The summed E-state index contributed by atoms with van der Waals surface area (Å²) in [5.74, 6) is 1.63. The van der Waals surface area contributed by atoms with Crippen molar-refractivity contribution < 1.29 is 9.53 Å². The summed E-state index contributed by atoms with van der Waals surface area (Å²) in [6.07, 6.45) is 8.65. The fourth-order valence-corrected chi connectivity index (χ4v) is 4.42. The third kappa shape index (κ3) is 3.59. The molecule has 1 saturated carbocycles. The third-order valence-corrected chi connectivity index (χ3v) is 5.55. The van der Waals surface area contributed by atoms with Crippen molar-refractivity contribution in [1.82, 2.24) is 10.2 Å². The van der Waals surface area contributed by atoms with E-state index >= 15 is 0 Å². The van der Waals surface area contributed by atoms with Crippen LogP contribution in [0.5, 0.6) is 0 Å². The van der Waals surface area contributed by atoms with E-state index in [0.717, 1.165) is 45.1 Å². The molecule has 3 rings (SSSR count). The molecular formula is C17H30N2O2. The van der Waals surface area contributed by atoms with Crippen LogP contribution in [0.4, 0.5) is 0 Å². The van der Waals surface area contributed by atoms with Gasteiger partial charge in [-0.25, -0.2) is 0 Å². The Morgan fingerprint density at radius 3 is 2.90 bits per heavy atom. The average molecular weight is 294 g/mol. The average Bonchev–Trinajstić information content (AvgIpc) is 2.96. The molecule has 0 aromatic heterocycles. The summed E-state index contributed by atoms with van der Waals surface area (Å²) in [6.45, 7) is 5.46. The number of rotatable bonds is 4. The normalized spacial score (nSPS) is 36.5. The van der Waals surface area contributed by atoms with Gasteiger partial charge in [-0.15, -0.1) is 0 Å². The van der Waals surface area contributed by atoms with Gasteiger partial charge < -0.3 is 15.0 Å². The monoisotopic (exact) mass is 294 g/mol. The number of nitrogens with one attached hydrogen (secondary N) is 1. The predicted octanol–water partition coefficient (Wildman–Crippen LogP) is 2.18. The van der Waals surface area contributed by atoms with Gasteiger partial charge in [0, 0.05) is 25.7 Å². The second kappa shape index (κ2) is 7.10. The summed E-state index contributed by atoms with van der Waals surface area (Å²) in [4.78, 5) is 14.9. The van der Waals surface area contributed by atoms with E-state index in [1.807, 2.05) is 6.92 Å². The molecule has 1 amide bonds. The summed E-state index contributed by atoms with van der Waals surface area (Å²) < 4.78 is 5.55. The smallest absolute Gasteiger partial charge is 0.239 e. The fraction of sp³-hybridized carbons (Fsp3) is 0.941. The molecule has 3 fully saturated rings. The molecule has 4 nitrogen and oxygen atoms in total. The van der Waals surface area contributed by atoms with Crippen LogP contribution in [0.3, 0.4) is 0 Å². The maximum Gasteiger partial charge on any atom is 0.239 e. The maximum atomic E-state index is 12.8. The Bertz CT molecular complexity index is 347. The van der Waals surface area contributed by atoms with Crippen LogP contribution in [-0.2, 0) is 9.53 Å². The lowest BCUT2D eigenvalue weighted by molar-refractivity contribution is -0.135. The molecule has 1 aliphatic carbocycles. The molecule has 2 saturated heterocycles. The first-order valence-electron chi connectivity index (χ1n) is 8.90. The van der Waals surface area contributed by atoms with Crippen LogP contribution in [0, 0.1) is 11.8 Å². The number of hydrogen-bond acceptors (Lipinski definition) is 3. The molecule has 0 aromatic carbocycles. The van der Waals surface area contributed by atoms with E-state index in [1.165, 1.54) is 32.1 Å². The van der Waals surface area contributed by atoms with Crippen molar-refractivity contribution in [2.45, 2.75) is 64.0 Å². The zero-order valence-electron chi connectivity index (χ0n) is 13.4. The molecular weight excluding hydrogens is 264 g/mol. The quantitative estimate of drug-likeness (QED) is 0.864. The Morgan fingerprint density at radius 2 is 2.10 bits per heavy atom. The van der Waals surface area contributed by atoms with Crippen molar-refractivity contribution in [2.24, 2.45) is 11.8 Å². The standard InChI is InChI=1S/C17H30N2O2/c1-2-21-12-13-6-5-9-19(11-13)17(20)16-10-14-7-3-4-8-15(14)18-16/h13-16,18H,2-12H2,1H3. The molecule has 0 aromatic rings. The van der Waals surface area contributed by atoms with Crippen LogP contribution in [0.2, 0.25) is 0 Å². The Labute approximate surface area is 128 Å². The number of likely N-dealkylation sites (tertiary alicyclic amines) is 1. The highest BCUT2D eigenvalue weighted by atomic mass is 16.5. The van der Waals surface area contributed by atoms with E-state index in [2.05, 4.69) is 10.2 Å². The minimum absolute atomic E-state index is 0.0870. The number of ether oxygens (including phenoxy) is 1. The highest BCUT2D eigenvalue weighted by Gasteiger charge is 2.40. The fourth-order valence-electron chi connectivity index (χ4n) is 4.42. The van der Waals surface area contributed by atoms with Crippen molar-refractivity contribution in [3.05, 3.63) is 0 Å². The summed E-state index contributed by atoms with van der Waals surface area (Å²) in [5.41, 5.74) is 0. The third-order valence-electron chi connectivity index (χ3n) is 5.55. The van der Waals surface area contributed by atoms with Gasteiger partial charge in [0.1, 0.15) is 0 Å². The molecule has 0 bridgehead atoms. The summed E-state index contributed by atoms with van der Waals surface area (Å²) in [7, 11) is 0. The lowest BCUT2D eigenvalue weighted by atomic mass is 9.85. The topological polar surface area (TPSA) is 41.6 Å². The first-order chi connectivity index (χ1) is 10.3. The van der Waals surface area contributed by atoms with Crippen molar-refractivity contribution in [3.63, 3.8) is 0 Å². The maximum absolute atomic E-state index is 12.8. The van der Waals surface area contributed by atoms with Gasteiger partial charge in [-0.1, -0.05) is 12.8 Å². The first-order valence-corrected chi connectivity index (χ1v) is 8.90. The van der Waals surface area contributed by atoms with Gasteiger partial charge in [-0.2, -0.15) is 0 Å². The number of amides is 1. The molecule has 0 spiro atoms. The summed E-state index contributed by atoms with van der Waals surface area (Å²) >= 11 is 0. The Kier molecular flexibility index (Phi) is 5.17. The van der Waals surface area contributed by atoms with E-state index in [9.17, 15) is 4.79 Å². The van der Waals surface area contributed by atoms with Gasteiger partial charge >= 0.3 is 0 Å². The number of fused-ring (bicyclic) bond motifs is 1. The van der Waals surface area contributed by atoms with Gasteiger partial charge in [0.2, 0.25) is 5.91 Å². The van der Waals surface area contributed by atoms with Crippen LogP contribution in [0.25, 0.3) is 0 Å². The van der Waals surface area contributed by atoms with E-state index in [4.69, 9.17) is 4.74 Å². The SMILES string of the molecule is CCOCC1CCCN(C(=O)C2CC3CCCCC3N2)C1. The second-order valence-corrected chi connectivity index (χ2v) is 7.06. The molecule has 1 N–H and O–H groups in total. The number of carbonyl (C=O) groups is 1. The number of nitrogens with zero attached hydrogens (tertiary/aromatic N) is 1. The minimum atomic E-state index is 0.0870. The largest absolute Gasteiger partial charge is 0.381 e. The lowest BCUT2D eigenvalue weighted by Crippen LogP contribution is -2.49. The molecule has 21 heavy (non-hydrogen) atoms. The molecule has 120 valence electrons. The van der Waals surface area contributed by atoms with Crippen molar-refractivity contribution in [3.8, 4) is 0 Å². The highest BCUT2D eigenvalue weighted by Crippen LogP contribution is 2.34. The van der Waals surface area contributed by atoms with Crippen molar-refractivity contribution in [1.29, 1.82) is 0 Å². The van der Waals surface area contributed by atoms with Crippen molar-refractivity contribution >= 4 is 5.91 Å². The molecule has 0 radical (unpaired) electrons. The van der Waals surface area contributed by atoms with Crippen LogP contribution in [0.1, 0.15) is 51.9 Å². The Balaban J connectivity index is 1.52. The molecule has 4 unspecified atom stereocenters. The van der Waals surface area contributed by atoms with Crippen LogP contribution in [0.15, 0.2) is 0 Å². The molecule has 3 aliphatic rings. The number of hydrogen-bond donors (Lipinski definition) is 1. The van der Waals surface area contributed by atoms with Crippen LogP contribution in [-0.4, -0.2) is 49.2 Å². The first kappa shape index (κ1) is 15.3. The van der Waals surface area contributed by atoms with E-state index in [0.29, 0.717) is 17.9 Å². The number of carbonyl (C=O) groups excluding carboxylic acids is 1. The minimum Gasteiger partial charge on any atom is -0.381 e. The zero-order chi connectivity index (χ0) is 14.7. The second-order valence-electron chi connectivity index (χ2n) is 7.06. The summed E-state index contributed by atoms with van der Waals surface area (Å²) in [5, 5.41) is 3.63. The molecule has 4 atom stereocenters. The van der Waals surface area contributed by atoms with Gasteiger partial charge in [0.05, 0.1) is 12.6 Å². The van der Waals surface area contributed by atoms with Gasteiger partial charge in [-0.05, 0) is 50.9 Å². The predicted molar refractivity (Wildman–Crippen MR) is 83.1 cm³/mol. The van der Waals surface area contributed by atoms with Crippen LogP contribution < -0.4 is 5.32 Å². The van der Waals surface area contributed by atoms with Crippen LogP contribution >= 0.6 is 0 Å². The summed E-state index contributed by atoms with van der Waals surface area (Å²) in [6, 6.07) is 0.695. The van der Waals surface area contributed by atoms with Gasteiger partial charge in [0.15, 0.2) is 0 Å². The Hall–Kier alpha value is -0.610. The molecule has 4 heteroatoms. The van der Waals surface area contributed by atoms with E-state index < -0.39 is 0 Å². The van der Waals surface area contributed by atoms with E-state index in [-0.39, 0.29) is 6.04 Å². The van der Waals surface area contributed by atoms with E-state index in [1.54, 1.807) is 0 Å². The Morgan fingerprint density at radius 1 is 1.24 bits per heavy atom. The lowest BCUT2D eigenvalue weighted by Gasteiger charge is -2.34. The van der Waals surface area contributed by atoms with Crippen molar-refractivity contribution in [2.75, 3.05) is 26.3 Å².